The molecule has 0 aliphatic carbocycles. The Morgan fingerprint density at radius 2 is 2.33 bits per heavy atom. The van der Waals surface area contributed by atoms with Gasteiger partial charge in [0.15, 0.2) is 0 Å². The minimum atomic E-state index is 0.311. The molecule has 0 spiro atoms. The smallest absolute Gasteiger partial charge is 0.0434 e. The fraction of sp³-hybridized carbons (Fsp3) is 0.600. The summed E-state index contributed by atoms with van der Waals surface area (Å²) in [5.74, 6) is 0.646. The van der Waals surface area contributed by atoms with Gasteiger partial charge in [-0.25, -0.2) is 0 Å². The monoisotopic (exact) mass is 248 g/mol. The lowest BCUT2D eigenvalue weighted by Gasteiger charge is -2.37. The maximum atomic E-state index is 9.06. The normalized spacial score (nSPS) is 22.9. The molecule has 1 aliphatic heterocycles. The third-order valence-electron chi connectivity index (χ3n) is 4.03. The van der Waals surface area contributed by atoms with Crippen LogP contribution in [0.15, 0.2) is 24.3 Å². The fourth-order valence-electron chi connectivity index (χ4n) is 2.90. The number of anilines is 1. The molecule has 0 saturated carbocycles. The van der Waals surface area contributed by atoms with Crippen LogP contribution in [-0.2, 0) is 0 Å². The summed E-state index contributed by atoms with van der Waals surface area (Å²) in [4.78, 5) is 2.51. The zero-order valence-corrected chi connectivity index (χ0v) is 11.2. The highest BCUT2D eigenvalue weighted by Gasteiger charge is 2.23. The highest BCUT2D eigenvalue weighted by atomic mass is 16.3. The molecule has 3 heteroatoms. The van der Waals surface area contributed by atoms with E-state index in [2.05, 4.69) is 24.0 Å². The predicted octanol–water partition coefficient (Wildman–Crippen LogP) is 2.42. The standard InChI is InChI=1S/C15H24N2O/c1-12(14-5-2-6-15(16)10-14)17-8-3-4-13(11-17)7-9-18/h2,5-6,10,12-13,18H,3-4,7-9,11,16H2,1H3. The Morgan fingerprint density at radius 1 is 1.50 bits per heavy atom. The second-order valence-electron chi connectivity index (χ2n) is 5.36. The number of rotatable bonds is 4. The van der Waals surface area contributed by atoms with E-state index < -0.39 is 0 Å². The van der Waals surface area contributed by atoms with E-state index in [0.717, 1.165) is 25.2 Å². The minimum Gasteiger partial charge on any atom is -0.399 e. The van der Waals surface area contributed by atoms with Crippen molar-refractivity contribution in [1.29, 1.82) is 0 Å². The second kappa shape index (κ2) is 6.21. The molecule has 2 rings (SSSR count). The summed E-state index contributed by atoms with van der Waals surface area (Å²) >= 11 is 0. The quantitative estimate of drug-likeness (QED) is 0.805. The lowest BCUT2D eigenvalue weighted by atomic mass is 9.93. The van der Waals surface area contributed by atoms with Crippen LogP contribution in [0, 0.1) is 5.92 Å². The first-order valence-electron chi connectivity index (χ1n) is 6.91. The van der Waals surface area contributed by atoms with Crippen LogP contribution >= 0.6 is 0 Å². The Morgan fingerprint density at radius 3 is 3.06 bits per heavy atom. The Kier molecular flexibility index (Phi) is 4.61. The molecule has 1 aromatic rings. The molecule has 3 N–H and O–H groups in total. The Labute approximate surface area is 110 Å². The molecule has 2 atom stereocenters. The third-order valence-corrected chi connectivity index (χ3v) is 4.03. The number of benzene rings is 1. The van der Waals surface area contributed by atoms with Gasteiger partial charge in [-0.2, -0.15) is 0 Å². The summed E-state index contributed by atoms with van der Waals surface area (Å²) in [7, 11) is 0. The number of nitrogens with two attached hydrogens (primary N) is 1. The highest BCUT2D eigenvalue weighted by molar-refractivity contribution is 5.41. The topological polar surface area (TPSA) is 49.5 Å². The van der Waals surface area contributed by atoms with Gasteiger partial charge in [0.2, 0.25) is 0 Å². The lowest BCUT2D eigenvalue weighted by Crippen LogP contribution is -2.37. The SMILES string of the molecule is CC(c1cccc(N)c1)N1CCCC(CCO)C1. The lowest BCUT2D eigenvalue weighted by molar-refractivity contribution is 0.114. The first-order chi connectivity index (χ1) is 8.70. The van der Waals surface area contributed by atoms with Crippen molar-refractivity contribution in [3.05, 3.63) is 29.8 Å². The molecular weight excluding hydrogens is 224 g/mol. The van der Waals surface area contributed by atoms with Gasteiger partial charge in [0.05, 0.1) is 0 Å². The number of aliphatic hydroxyl groups is 1. The van der Waals surface area contributed by atoms with Crippen molar-refractivity contribution in [2.45, 2.75) is 32.2 Å². The molecule has 0 bridgehead atoms. The molecule has 0 radical (unpaired) electrons. The van der Waals surface area contributed by atoms with Gasteiger partial charge in [0.25, 0.3) is 0 Å². The molecule has 1 fully saturated rings. The van der Waals surface area contributed by atoms with E-state index in [1.165, 1.54) is 18.4 Å². The average Bonchev–Trinajstić information content (AvgIpc) is 2.39. The van der Waals surface area contributed by atoms with Gasteiger partial charge in [-0.15, -0.1) is 0 Å². The van der Waals surface area contributed by atoms with Crippen LogP contribution in [0.2, 0.25) is 0 Å². The maximum absolute atomic E-state index is 9.06. The maximum Gasteiger partial charge on any atom is 0.0434 e. The number of likely N-dealkylation sites (tertiary alicyclic amines) is 1. The third kappa shape index (κ3) is 3.24. The summed E-state index contributed by atoms with van der Waals surface area (Å²) in [6.07, 6.45) is 3.41. The number of aliphatic hydroxyl groups excluding tert-OH is 1. The Balaban J connectivity index is 2.02. The number of hydrogen-bond donors (Lipinski definition) is 2. The van der Waals surface area contributed by atoms with Crippen LogP contribution in [-0.4, -0.2) is 29.7 Å². The molecule has 1 saturated heterocycles. The largest absolute Gasteiger partial charge is 0.399 e. The molecule has 0 aromatic heterocycles. The van der Waals surface area contributed by atoms with E-state index in [-0.39, 0.29) is 0 Å². The minimum absolute atomic E-state index is 0.311. The average molecular weight is 248 g/mol. The van der Waals surface area contributed by atoms with Gasteiger partial charge < -0.3 is 10.8 Å². The summed E-state index contributed by atoms with van der Waals surface area (Å²) in [5, 5.41) is 9.06. The summed E-state index contributed by atoms with van der Waals surface area (Å²) in [6.45, 7) is 4.80. The fourth-order valence-corrected chi connectivity index (χ4v) is 2.90. The van der Waals surface area contributed by atoms with Crippen molar-refractivity contribution in [2.24, 2.45) is 5.92 Å². The zero-order valence-electron chi connectivity index (χ0n) is 11.2. The van der Waals surface area contributed by atoms with E-state index in [1.807, 2.05) is 12.1 Å². The molecule has 3 nitrogen and oxygen atoms in total. The summed E-state index contributed by atoms with van der Waals surface area (Å²) < 4.78 is 0. The van der Waals surface area contributed by atoms with Crippen molar-refractivity contribution in [1.82, 2.24) is 4.90 Å². The van der Waals surface area contributed by atoms with Gasteiger partial charge in [-0.1, -0.05) is 12.1 Å². The molecule has 1 heterocycles. The van der Waals surface area contributed by atoms with Crippen LogP contribution in [0.5, 0.6) is 0 Å². The van der Waals surface area contributed by atoms with Gasteiger partial charge in [-0.05, 0) is 56.3 Å². The number of piperidine rings is 1. The van der Waals surface area contributed by atoms with Crippen LogP contribution in [0.4, 0.5) is 5.69 Å². The Hall–Kier alpha value is -1.06. The van der Waals surface area contributed by atoms with Crippen LogP contribution in [0.3, 0.4) is 0 Å². The van der Waals surface area contributed by atoms with Crippen molar-refractivity contribution in [3.63, 3.8) is 0 Å². The molecule has 18 heavy (non-hydrogen) atoms. The first kappa shape index (κ1) is 13.4. The van der Waals surface area contributed by atoms with E-state index in [9.17, 15) is 0 Å². The second-order valence-corrected chi connectivity index (χ2v) is 5.36. The van der Waals surface area contributed by atoms with Crippen LogP contribution < -0.4 is 5.73 Å². The number of nitrogens with zero attached hydrogens (tertiary/aromatic N) is 1. The van der Waals surface area contributed by atoms with E-state index >= 15 is 0 Å². The van der Waals surface area contributed by atoms with Gasteiger partial charge in [-0.3, -0.25) is 4.90 Å². The van der Waals surface area contributed by atoms with Gasteiger partial charge in [0, 0.05) is 24.9 Å². The van der Waals surface area contributed by atoms with Crippen molar-refractivity contribution >= 4 is 5.69 Å². The first-order valence-corrected chi connectivity index (χ1v) is 6.91. The number of hydrogen-bond acceptors (Lipinski definition) is 3. The van der Waals surface area contributed by atoms with Crippen LogP contribution in [0.25, 0.3) is 0 Å². The van der Waals surface area contributed by atoms with E-state index in [0.29, 0.717) is 18.6 Å². The number of nitrogen functional groups attached to an aromatic ring is 1. The molecule has 0 amide bonds. The highest BCUT2D eigenvalue weighted by Crippen LogP contribution is 2.28. The zero-order chi connectivity index (χ0) is 13.0. The van der Waals surface area contributed by atoms with Crippen molar-refractivity contribution in [3.8, 4) is 0 Å². The van der Waals surface area contributed by atoms with Crippen molar-refractivity contribution in [2.75, 3.05) is 25.4 Å². The predicted molar refractivity (Wildman–Crippen MR) is 75.3 cm³/mol. The van der Waals surface area contributed by atoms with E-state index in [1.54, 1.807) is 0 Å². The summed E-state index contributed by atoms with van der Waals surface area (Å²) in [5.41, 5.74) is 7.98. The van der Waals surface area contributed by atoms with Crippen molar-refractivity contribution < 1.29 is 5.11 Å². The van der Waals surface area contributed by atoms with E-state index in [4.69, 9.17) is 10.8 Å². The molecule has 1 aliphatic rings. The molecule has 1 aromatic carbocycles. The van der Waals surface area contributed by atoms with Gasteiger partial charge >= 0.3 is 0 Å². The molecule has 2 unspecified atom stereocenters. The summed E-state index contributed by atoms with van der Waals surface area (Å²) in [6, 6.07) is 8.59. The van der Waals surface area contributed by atoms with Gasteiger partial charge in [0.1, 0.15) is 0 Å². The molecule has 100 valence electrons. The molecular formula is C15H24N2O. The van der Waals surface area contributed by atoms with Crippen LogP contribution in [0.1, 0.15) is 37.8 Å². The Bertz CT molecular complexity index is 379.